The number of nitrogens with one attached hydrogen (secondary N) is 1. The Morgan fingerprint density at radius 2 is 2.06 bits per heavy atom. The first-order valence-electron chi connectivity index (χ1n) is 5.34. The van der Waals surface area contributed by atoms with Gasteiger partial charge in [-0.05, 0) is 30.7 Å². The van der Waals surface area contributed by atoms with Crippen molar-refractivity contribution in [3.05, 3.63) is 35.4 Å². The van der Waals surface area contributed by atoms with Gasteiger partial charge in [0.15, 0.2) is 0 Å². The Bertz CT molecular complexity index is 380. The van der Waals surface area contributed by atoms with Crippen LogP contribution in [0, 0.1) is 0 Å². The van der Waals surface area contributed by atoms with Crippen molar-refractivity contribution in [3.8, 4) is 0 Å². The predicted molar refractivity (Wildman–Crippen MR) is 59.5 cm³/mol. The maximum absolute atomic E-state index is 10.7. The summed E-state index contributed by atoms with van der Waals surface area (Å²) in [4.78, 5) is 10.7. The molecule has 16 heavy (non-hydrogen) atoms. The highest BCUT2D eigenvalue weighted by Crippen LogP contribution is 2.20. The molecule has 0 amide bonds. The third-order valence-corrected chi connectivity index (χ3v) is 2.96. The van der Waals surface area contributed by atoms with E-state index < -0.39 is 11.6 Å². The first kappa shape index (κ1) is 11.1. The molecular weight excluding hydrogens is 206 g/mol. The highest BCUT2D eigenvalue weighted by molar-refractivity contribution is 5.87. The van der Waals surface area contributed by atoms with Gasteiger partial charge in [0.05, 0.1) is 11.2 Å². The van der Waals surface area contributed by atoms with Crippen molar-refractivity contribution in [2.75, 3.05) is 13.1 Å². The number of aromatic carboxylic acids is 1. The zero-order chi connectivity index (χ0) is 11.6. The van der Waals surface area contributed by atoms with Crippen molar-refractivity contribution in [2.24, 2.45) is 0 Å². The van der Waals surface area contributed by atoms with E-state index in [2.05, 4.69) is 5.32 Å². The molecule has 1 aliphatic rings. The summed E-state index contributed by atoms with van der Waals surface area (Å²) in [6, 6.07) is 6.67. The van der Waals surface area contributed by atoms with Crippen LogP contribution < -0.4 is 5.32 Å². The number of carboxylic acid groups (broad SMARTS) is 1. The van der Waals surface area contributed by atoms with E-state index in [0.717, 1.165) is 18.5 Å². The van der Waals surface area contributed by atoms with Crippen molar-refractivity contribution in [2.45, 2.75) is 18.4 Å². The number of β-amino-alcohol motifs (C(OH)–C–C–N with tert-alkyl or cyclic N) is 1. The normalized spacial score (nSPS) is 24.6. The molecule has 0 bridgehead atoms. The molecule has 1 aromatic rings. The second kappa shape index (κ2) is 4.23. The van der Waals surface area contributed by atoms with E-state index in [9.17, 15) is 9.90 Å². The van der Waals surface area contributed by atoms with Crippen molar-refractivity contribution >= 4 is 5.97 Å². The highest BCUT2D eigenvalue weighted by atomic mass is 16.4. The number of hydrogen-bond acceptors (Lipinski definition) is 3. The van der Waals surface area contributed by atoms with Gasteiger partial charge in [-0.1, -0.05) is 12.1 Å². The maximum atomic E-state index is 10.7. The van der Waals surface area contributed by atoms with Crippen LogP contribution in [0.15, 0.2) is 24.3 Å². The van der Waals surface area contributed by atoms with Gasteiger partial charge in [0, 0.05) is 13.0 Å². The van der Waals surface area contributed by atoms with Crippen LogP contribution in [0.4, 0.5) is 0 Å². The van der Waals surface area contributed by atoms with E-state index in [-0.39, 0.29) is 5.56 Å². The van der Waals surface area contributed by atoms with Crippen LogP contribution in [0.2, 0.25) is 0 Å². The minimum Gasteiger partial charge on any atom is -0.478 e. The molecule has 86 valence electrons. The van der Waals surface area contributed by atoms with Crippen LogP contribution in [0.25, 0.3) is 0 Å². The summed E-state index contributed by atoms with van der Waals surface area (Å²) in [6.07, 6.45) is 1.31. The molecule has 1 fully saturated rings. The summed E-state index contributed by atoms with van der Waals surface area (Å²) in [7, 11) is 0. The number of hydrogen-bond donors (Lipinski definition) is 3. The lowest BCUT2D eigenvalue weighted by molar-refractivity contribution is 0.0619. The third kappa shape index (κ3) is 2.40. The summed E-state index contributed by atoms with van der Waals surface area (Å²) in [5, 5.41) is 22.0. The van der Waals surface area contributed by atoms with Gasteiger partial charge < -0.3 is 15.5 Å². The average molecular weight is 221 g/mol. The molecule has 1 heterocycles. The van der Waals surface area contributed by atoms with E-state index >= 15 is 0 Å². The number of aliphatic hydroxyl groups is 1. The molecule has 1 unspecified atom stereocenters. The summed E-state index contributed by atoms with van der Waals surface area (Å²) in [5.41, 5.74) is 0.571. The van der Waals surface area contributed by atoms with Gasteiger partial charge in [-0.25, -0.2) is 4.79 Å². The minimum atomic E-state index is -0.923. The highest BCUT2D eigenvalue weighted by Gasteiger charge is 2.30. The number of carboxylic acids is 1. The Kier molecular flexibility index (Phi) is 2.94. The SMILES string of the molecule is O=C(O)c1ccc(CC2(O)CCNC2)cc1. The standard InChI is InChI=1S/C12H15NO3/c14-11(15)10-3-1-9(2-4-10)7-12(16)5-6-13-8-12/h1-4,13,16H,5-8H2,(H,14,15). The molecule has 1 atom stereocenters. The summed E-state index contributed by atoms with van der Waals surface area (Å²) in [5.74, 6) is -0.923. The molecule has 0 aromatic heterocycles. The summed E-state index contributed by atoms with van der Waals surface area (Å²) < 4.78 is 0. The monoisotopic (exact) mass is 221 g/mol. The Labute approximate surface area is 93.9 Å². The lowest BCUT2D eigenvalue weighted by atomic mass is 9.93. The van der Waals surface area contributed by atoms with Crippen LogP contribution >= 0.6 is 0 Å². The number of carbonyl (C=O) groups is 1. The van der Waals surface area contributed by atoms with Gasteiger partial charge in [-0.2, -0.15) is 0 Å². The maximum Gasteiger partial charge on any atom is 0.335 e. The second-order valence-electron chi connectivity index (χ2n) is 4.33. The second-order valence-corrected chi connectivity index (χ2v) is 4.33. The lowest BCUT2D eigenvalue weighted by Crippen LogP contribution is -2.33. The van der Waals surface area contributed by atoms with Gasteiger partial charge in [-0.3, -0.25) is 0 Å². The first-order valence-corrected chi connectivity index (χ1v) is 5.34. The molecule has 3 N–H and O–H groups in total. The topological polar surface area (TPSA) is 69.6 Å². The predicted octanol–water partition coefficient (Wildman–Crippen LogP) is 0.652. The summed E-state index contributed by atoms with van der Waals surface area (Å²) >= 11 is 0. The quantitative estimate of drug-likeness (QED) is 0.701. The molecule has 1 saturated heterocycles. The van der Waals surface area contributed by atoms with Crippen LogP contribution in [-0.4, -0.2) is 34.9 Å². The number of rotatable bonds is 3. The van der Waals surface area contributed by atoms with Gasteiger partial charge >= 0.3 is 5.97 Å². The molecule has 4 nitrogen and oxygen atoms in total. The van der Waals surface area contributed by atoms with Gasteiger partial charge in [-0.15, -0.1) is 0 Å². The van der Waals surface area contributed by atoms with E-state index in [0.29, 0.717) is 13.0 Å². The van der Waals surface area contributed by atoms with Gasteiger partial charge in [0.1, 0.15) is 0 Å². The lowest BCUT2D eigenvalue weighted by Gasteiger charge is -2.21. The zero-order valence-corrected chi connectivity index (χ0v) is 8.94. The van der Waals surface area contributed by atoms with Crippen LogP contribution in [0.1, 0.15) is 22.3 Å². The van der Waals surface area contributed by atoms with Gasteiger partial charge in [0.2, 0.25) is 0 Å². The Balaban J connectivity index is 2.07. The van der Waals surface area contributed by atoms with Crippen molar-refractivity contribution in [3.63, 3.8) is 0 Å². The molecule has 1 aliphatic heterocycles. The van der Waals surface area contributed by atoms with Crippen molar-refractivity contribution in [1.29, 1.82) is 0 Å². The Morgan fingerprint density at radius 1 is 1.38 bits per heavy atom. The fourth-order valence-electron chi connectivity index (χ4n) is 2.03. The van der Waals surface area contributed by atoms with E-state index in [1.807, 2.05) is 0 Å². The minimum absolute atomic E-state index is 0.278. The molecule has 0 radical (unpaired) electrons. The molecule has 0 saturated carbocycles. The van der Waals surface area contributed by atoms with Crippen molar-refractivity contribution < 1.29 is 15.0 Å². The molecule has 4 heteroatoms. The van der Waals surface area contributed by atoms with Crippen LogP contribution in [0.3, 0.4) is 0 Å². The van der Waals surface area contributed by atoms with Crippen LogP contribution in [-0.2, 0) is 6.42 Å². The Hall–Kier alpha value is -1.39. The van der Waals surface area contributed by atoms with Crippen LogP contribution in [0.5, 0.6) is 0 Å². The molecule has 0 spiro atoms. The van der Waals surface area contributed by atoms with E-state index in [1.54, 1.807) is 24.3 Å². The Morgan fingerprint density at radius 3 is 2.56 bits per heavy atom. The molecule has 2 rings (SSSR count). The fraction of sp³-hybridized carbons (Fsp3) is 0.417. The smallest absolute Gasteiger partial charge is 0.335 e. The van der Waals surface area contributed by atoms with Crippen molar-refractivity contribution in [1.82, 2.24) is 5.32 Å². The molecular formula is C12H15NO3. The molecule has 1 aromatic carbocycles. The largest absolute Gasteiger partial charge is 0.478 e. The first-order chi connectivity index (χ1) is 7.59. The fourth-order valence-corrected chi connectivity index (χ4v) is 2.03. The van der Waals surface area contributed by atoms with Gasteiger partial charge in [0.25, 0.3) is 0 Å². The third-order valence-electron chi connectivity index (χ3n) is 2.96. The molecule has 0 aliphatic carbocycles. The zero-order valence-electron chi connectivity index (χ0n) is 8.94. The average Bonchev–Trinajstić information content (AvgIpc) is 2.65. The number of benzene rings is 1. The van der Waals surface area contributed by atoms with E-state index in [1.165, 1.54) is 0 Å². The summed E-state index contributed by atoms with van der Waals surface area (Å²) in [6.45, 7) is 1.44. The van der Waals surface area contributed by atoms with E-state index in [4.69, 9.17) is 5.11 Å².